The van der Waals surface area contributed by atoms with Crippen molar-refractivity contribution in [1.29, 1.82) is 5.26 Å². The zero-order valence-electron chi connectivity index (χ0n) is 15.7. The van der Waals surface area contributed by atoms with Crippen LogP contribution in [0, 0.1) is 17.2 Å². The molecular formula is C23H27ClN2. The SMILES string of the molecule is CC(CCC(C#N)(c1ccccc1Cl)C1CC1)N(C)Cc1ccccc1. The van der Waals surface area contributed by atoms with Gasteiger partial charge in [-0.1, -0.05) is 60.1 Å². The number of halogens is 1. The van der Waals surface area contributed by atoms with Crippen molar-refractivity contribution in [3.63, 3.8) is 0 Å². The van der Waals surface area contributed by atoms with Crippen molar-refractivity contribution in [2.75, 3.05) is 7.05 Å². The standard InChI is InChI=1S/C23H27ClN2/c1-18(26(2)16-19-8-4-3-5-9-19)14-15-23(17-25,20-12-13-20)21-10-6-7-11-22(21)24/h3-11,18,20H,12-16H2,1-2H3. The molecule has 0 aromatic heterocycles. The number of hydrogen-bond donors (Lipinski definition) is 0. The Morgan fingerprint density at radius 2 is 1.81 bits per heavy atom. The molecule has 0 radical (unpaired) electrons. The molecule has 136 valence electrons. The molecule has 0 amide bonds. The van der Waals surface area contributed by atoms with E-state index in [0.29, 0.717) is 12.0 Å². The van der Waals surface area contributed by atoms with Crippen LogP contribution in [0.15, 0.2) is 54.6 Å². The Labute approximate surface area is 162 Å². The van der Waals surface area contributed by atoms with Gasteiger partial charge >= 0.3 is 0 Å². The van der Waals surface area contributed by atoms with Crippen molar-refractivity contribution < 1.29 is 0 Å². The molecule has 0 saturated heterocycles. The number of nitriles is 1. The molecule has 0 aliphatic heterocycles. The Balaban J connectivity index is 1.70. The lowest BCUT2D eigenvalue weighted by Crippen LogP contribution is -2.33. The molecule has 0 heterocycles. The van der Waals surface area contributed by atoms with E-state index in [1.165, 1.54) is 5.56 Å². The summed E-state index contributed by atoms with van der Waals surface area (Å²) in [5.74, 6) is 0.444. The molecule has 3 rings (SSSR count). The lowest BCUT2D eigenvalue weighted by atomic mass is 9.73. The van der Waals surface area contributed by atoms with E-state index in [1.807, 2.05) is 30.3 Å². The van der Waals surface area contributed by atoms with Gasteiger partial charge in [0.15, 0.2) is 0 Å². The summed E-state index contributed by atoms with van der Waals surface area (Å²) < 4.78 is 0. The molecule has 2 nitrogen and oxygen atoms in total. The van der Waals surface area contributed by atoms with Gasteiger partial charge in [0, 0.05) is 17.6 Å². The smallest absolute Gasteiger partial charge is 0.0865 e. The van der Waals surface area contributed by atoms with Crippen LogP contribution in [-0.4, -0.2) is 18.0 Å². The highest BCUT2D eigenvalue weighted by molar-refractivity contribution is 6.31. The first kappa shape index (κ1) is 19.0. The molecule has 3 heteroatoms. The molecule has 2 aromatic rings. The second-order valence-electron chi connectivity index (χ2n) is 7.63. The van der Waals surface area contributed by atoms with Gasteiger partial charge in [0.2, 0.25) is 0 Å². The molecule has 1 aliphatic rings. The second-order valence-corrected chi connectivity index (χ2v) is 8.03. The van der Waals surface area contributed by atoms with Gasteiger partial charge < -0.3 is 0 Å². The van der Waals surface area contributed by atoms with E-state index in [2.05, 4.69) is 49.2 Å². The lowest BCUT2D eigenvalue weighted by Gasteiger charge is -2.32. The molecule has 0 N–H and O–H groups in total. The summed E-state index contributed by atoms with van der Waals surface area (Å²) in [5, 5.41) is 10.9. The Hall–Kier alpha value is -1.82. The second kappa shape index (κ2) is 8.25. The van der Waals surface area contributed by atoms with Crippen LogP contribution in [0.3, 0.4) is 0 Å². The van der Waals surface area contributed by atoms with Gasteiger partial charge in [-0.25, -0.2) is 0 Å². The maximum Gasteiger partial charge on any atom is 0.0865 e. The summed E-state index contributed by atoms with van der Waals surface area (Å²) in [6.07, 6.45) is 4.11. The number of nitrogens with zero attached hydrogens (tertiary/aromatic N) is 2. The van der Waals surface area contributed by atoms with E-state index in [0.717, 1.165) is 42.8 Å². The lowest BCUT2D eigenvalue weighted by molar-refractivity contribution is 0.222. The zero-order chi connectivity index (χ0) is 18.6. The van der Waals surface area contributed by atoms with Gasteiger partial charge in [-0.2, -0.15) is 5.26 Å². The maximum absolute atomic E-state index is 10.1. The predicted octanol–water partition coefficient (Wildman–Crippen LogP) is 5.81. The van der Waals surface area contributed by atoms with Crippen molar-refractivity contribution >= 4 is 11.6 Å². The van der Waals surface area contributed by atoms with Crippen LogP contribution in [-0.2, 0) is 12.0 Å². The van der Waals surface area contributed by atoms with E-state index in [4.69, 9.17) is 11.6 Å². The normalized spacial score (nSPS) is 17.5. The molecule has 2 unspecified atom stereocenters. The summed E-state index contributed by atoms with van der Waals surface area (Å²) in [4.78, 5) is 2.37. The Kier molecular flexibility index (Phi) is 6.01. The largest absolute Gasteiger partial charge is 0.299 e. The van der Waals surface area contributed by atoms with Gasteiger partial charge in [-0.15, -0.1) is 0 Å². The molecule has 1 aliphatic carbocycles. The van der Waals surface area contributed by atoms with Crippen LogP contribution in [0.4, 0.5) is 0 Å². The van der Waals surface area contributed by atoms with Crippen LogP contribution in [0.25, 0.3) is 0 Å². The summed E-state index contributed by atoms with van der Waals surface area (Å²) in [6.45, 7) is 3.18. The Morgan fingerprint density at radius 1 is 1.15 bits per heavy atom. The Morgan fingerprint density at radius 3 is 2.42 bits per heavy atom. The third kappa shape index (κ3) is 4.11. The quantitative estimate of drug-likeness (QED) is 0.589. The average molecular weight is 367 g/mol. The number of rotatable bonds is 8. The highest BCUT2D eigenvalue weighted by atomic mass is 35.5. The summed E-state index contributed by atoms with van der Waals surface area (Å²) in [7, 11) is 2.17. The summed E-state index contributed by atoms with van der Waals surface area (Å²) in [6, 6.07) is 21.5. The third-order valence-corrected chi connectivity index (χ3v) is 6.14. The van der Waals surface area contributed by atoms with Gasteiger partial charge in [-0.3, -0.25) is 4.90 Å². The minimum Gasteiger partial charge on any atom is -0.299 e. The van der Waals surface area contributed by atoms with E-state index < -0.39 is 5.41 Å². The molecule has 2 atom stereocenters. The van der Waals surface area contributed by atoms with Gasteiger partial charge in [0.1, 0.15) is 0 Å². The monoisotopic (exact) mass is 366 g/mol. The van der Waals surface area contributed by atoms with Gasteiger partial charge in [0.05, 0.1) is 11.5 Å². The highest BCUT2D eigenvalue weighted by Crippen LogP contribution is 2.51. The molecule has 1 fully saturated rings. The van der Waals surface area contributed by atoms with Crippen molar-refractivity contribution in [3.8, 4) is 6.07 Å². The minimum atomic E-state index is -0.444. The summed E-state index contributed by atoms with van der Waals surface area (Å²) >= 11 is 6.48. The molecule has 1 saturated carbocycles. The van der Waals surface area contributed by atoms with Crippen LogP contribution in [0.2, 0.25) is 5.02 Å². The molecule has 0 spiro atoms. The topological polar surface area (TPSA) is 27.0 Å². The molecular weight excluding hydrogens is 340 g/mol. The fraction of sp³-hybridized carbons (Fsp3) is 0.435. The van der Waals surface area contributed by atoms with E-state index in [-0.39, 0.29) is 0 Å². The first-order valence-electron chi connectivity index (χ1n) is 9.47. The van der Waals surface area contributed by atoms with Crippen LogP contribution >= 0.6 is 11.6 Å². The average Bonchev–Trinajstić information content (AvgIpc) is 3.50. The first-order chi connectivity index (χ1) is 12.6. The zero-order valence-corrected chi connectivity index (χ0v) is 16.4. The fourth-order valence-electron chi connectivity index (χ4n) is 3.85. The first-order valence-corrected chi connectivity index (χ1v) is 9.85. The molecule has 0 bridgehead atoms. The van der Waals surface area contributed by atoms with Crippen molar-refractivity contribution in [1.82, 2.24) is 4.90 Å². The maximum atomic E-state index is 10.1. The van der Waals surface area contributed by atoms with E-state index in [9.17, 15) is 5.26 Å². The van der Waals surface area contributed by atoms with Crippen molar-refractivity contribution in [2.24, 2.45) is 5.92 Å². The number of benzene rings is 2. The minimum absolute atomic E-state index is 0.407. The van der Waals surface area contributed by atoms with Crippen LogP contribution in [0.1, 0.15) is 43.7 Å². The van der Waals surface area contributed by atoms with Gasteiger partial charge in [0.25, 0.3) is 0 Å². The fourth-order valence-corrected chi connectivity index (χ4v) is 4.15. The van der Waals surface area contributed by atoms with Crippen LogP contribution in [0.5, 0.6) is 0 Å². The predicted molar refractivity (Wildman–Crippen MR) is 108 cm³/mol. The van der Waals surface area contributed by atoms with Crippen LogP contribution < -0.4 is 0 Å². The Bertz CT molecular complexity index is 763. The van der Waals surface area contributed by atoms with E-state index in [1.54, 1.807) is 0 Å². The summed E-state index contributed by atoms with van der Waals surface area (Å²) in [5.41, 5.74) is 1.89. The van der Waals surface area contributed by atoms with E-state index >= 15 is 0 Å². The van der Waals surface area contributed by atoms with Crippen molar-refractivity contribution in [3.05, 3.63) is 70.7 Å². The highest BCUT2D eigenvalue weighted by Gasteiger charge is 2.47. The number of hydrogen-bond acceptors (Lipinski definition) is 2. The van der Waals surface area contributed by atoms with Gasteiger partial charge in [-0.05, 0) is 62.8 Å². The third-order valence-electron chi connectivity index (χ3n) is 5.81. The van der Waals surface area contributed by atoms with Crippen molar-refractivity contribution in [2.45, 2.75) is 50.6 Å². The molecule has 2 aromatic carbocycles. The molecule has 26 heavy (non-hydrogen) atoms.